The third-order valence-corrected chi connectivity index (χ3v) is 4.05. The van der Waals surface area contributed by atoms with Gasteiger partial charge in [0.1, 0.15) is 6.54 Å². The monoisotopic (exact) mass is 289 g/mol. The highest BCUT2D eigenvalue weighted by Crippen LogP contribution is 2.14. The summed E-state index contributed by atoms with van der Waals surface area (Å²) in [5, 5.41) is 9.52. The number of imidazole rings is 1. The summed E-state index contributed by atoms with van der Waals surface area (Å²) in [7, 11) is 0. The molecule has 2 aromatic rings. The molecule has 0 spiro atoms. The molecule has 0 saturated carbocycles. The molecule has 21 heavy (non-hydrogen) atoms. The van der Waals surface area contributed by atoms with Crippen molar-refractivity contribution in [2.24, 2.45) is 0 Å². The number of hydrogen-bond donors (Lipinski definition) is 1. The highest BCUT2D eigenvalue weighted by Gasteiger charge is 2.25. The minimum absolute atomic E-state index is 0.0269. The van der Waals surface area contributed by atoms with E-state index in [-0.39, 0.29) is 18.1 Å². The van der Waals surface area contributed by atoms with Gasteiger partial charge >= 0.3 is 5.69 Å². The Morgan fingerprint density at radius 1 is 1.29 bits per heavy atom. The molecule has 6 nitrogen and oxygen atoms in total. The Balaban J connectivity index is 1.95. The van der Waals surface area contributed by atoms with E-state index in [2.05, 4.69) is 0 Å². The fraction of sp³-hybridized carbons (Fsp3) is 0.467. The Labute approximate surface area is 122 Å². The Bertz CT molecular complexity index is 731. The van der Waals surface area contributed by atoms with Gasteiger partial charge in [-0.2, -0.15) is 0 Å². The lowest BCUT2D eigenvalue weighted by Gasteiger charge is -2.15. The van der Waals surface area contributed by atoms with Gasteiger partial charge in [-0.25, -0.2) is 4.79 Å². The first kappa shape index (κ1) is 13.9. The van der Waals surface area contributed by atoms with E-state index in [1.165, 1.54) is 4.57 Å². The smallest absolute Gasteiger partial charge is 0.329 e. The molecule has 0 unspecified atom stereocenters. The second kappa shape index (κ2) is 5.37. The molecule has 1 aromatic heterocycles. The molecule has 1 aliphatic heterocycles. The number of aliphatic hydroxyl groups excluding tert-OH is 1. The number of aromatic nitrogens is 2. The molecule has 1 fully saturated rings. The summed E-state index contributed by atoms with van der Waals surface area (Å²) in [6, 6.07) is 7.50. The summed E-state index contributed by atoms with van der Waals surface area (Å²) < 4.78 is 3.19. The van der Waals surface area contributed by atoms with Gasteiger partial charge in [0.15, 0.2) is 0 Å². The van der Waals surface area contributed by atoms with Gasteiger partial charge < -0.3 is 10.0 Å². The second-order valence-corrected chi connectivity index (χ2v) is 5.38. The number of carbonyl (C=O) groups excluding carboxylic acids is 1. The zero-order valence-corrected chi connectivity index (χ0v) is 12.0. The predicted octanol–water partition coefficient (Wildman–Crippen LogP) is 0.416. The molecule has 0 aliphatic carbocycles. The molecule has 1 atom stereocenters. The molecular weight excluding hydrogens is 270 g/mol. The van der Waals surface area contributed by atoms with Crippen molar-refractivity contribution in [2.75, 3.05) is 13.1 Å². The van der Waals surface area contributed by atoms with Gasteiger partial charge in [-0.3, -0.25) is 13.9 Å². The number of hydrogen-bond acceptors (Lipinski definition) is 3. The predicted molar refractivity (Wildman–Crippen MR) is 79.1 cm³/mol. The maximum Gasteiger partial charge on any atom is 0.329 e. The van der Waals surface area contributed by atoms with Gasteiger partial charge in [-0.1, -0.05) is 12.1 Å². The van der Waals surface area contributed by atoms with Gasteiger partial charge in [0, 0.05) is 19.6 Å². The number of benzene rings is 1. The fourth-order valence-corrected chi connectivity index (χ4v) is 2.93. The Morgan fingerprint density at radius 3 is 2.52 bits per heavy atom. The summed E-state index contributed by atoms with van der Waals surface area (Å²) in [5.74, 6) is -0.118. The van der Waals surface area contributed by atoms with Crippen LogP contribution in [0.1, 0.15) is 13.3 Å². The van der Waals surface area contributed by atoms with Crippen molar-refractivity contribution in [3.05, 3.63) is 34.7 Å². The second-order valence-electron chi connectivity index (χ2n) is 5.38. The van der Waals surface area contributed by atoms with Crippen molar-refractivity contribution in [1.82, 2.24) is 14.0 Å². The van der Waals surface area contributed by atoms with Gasteiger partial charge in [0.05, 0.1) is 17.1 Å². The number of rotatable bonds is 3. The maximum atomic E-state index is 12.4. The summed E-state index contributed by atoms with van der Waals surface area (Å²) in [6.45, 7) is 3.43. The molecular formula is C15H19N3O3. The van der Waals surface area contributed by atoms with Crippen molar-refractivity contribution < 1.29 is 9.90 Å². The van der Waals surface area contributed by atoms with Gasteiger partial charge in [-0.05, 0) is 25.5 Å². The highest BCUT2D eigenvalue weighted by molar-refractivity contribution is 5.81. The van der Waals surface area contributed by atoms with Gasteiger partial charge in [-0.15, -0.1) is 0 Å². The van der Waals surface area contributed by atoms with Crippen LogP contribution < -0.4 is 5.69 Å². The summed E-state index contributed by atoms with van der Waals surface area (Å²) >= 11 is 0. The number of aryl methyl sites for hydroxylation is 1. The van der Waals surface area contributed by atoms with E-state index in [0.717, 1.165) is 11.0 Å². The summed E-state index contributed by atoms with van der Waals surface area (Å²) in [4.78, 5) is 26.4. The van der Waals surface area contributed by atoms with Gasteiger partial charge in [0.2, 0.25) is 5.91 Å². The lowest BCUT2D eigenvalue weighted by molar-refractivity contribution is -0.131. The van der Waals surface area contributed by atoms with E-state index in [0.29, 0.717) is 26.1 Å². The molecule has 112 valence electrons. The van der Waals surface area contributed by atoms with Crippen molar-refractivity contribution in [1.29, 1.82) is 0 Å². The summed E-state index contributed by atoms with van der Waals surface area (Å²) in [6.07, 6.45) is 0.167. The number of aliphatic hydroxyl groups is 1. The number of amides is 1. The number of fused-ring (bicyclic) bond motifs is 1. The zero-order valence-electron chi connectivity index (χ0n) is 12.0. The van der Waals surface area contributed by atoms with Crippen LogP contribution in [0.15, 0.2) is 29.1 Å². The van der Waals surface area contributed by atoms with Crippen LogP contribution >= 0.6 is 0 Å². The summed E-state index contributed by atoms with van der Waals surface area (Å²) in [5.41, 5.74) is 1.46. The van der Waals surface area contributed by atoms with Crippen LogP contribution in [0.2, 0.25) is 0 Å². The Morgan fingerprint density at radius 2 is 1.95 bits per heavy atom. The first-order chi connectivity index (χ1) is 10.1. The van der Waals surface area contributed by atoms with Crippen LogP contribution in [0.3, 0.4) is 0 Å². The van der Waals surface area contributed by atoms with E-state index < -0.39 is 6.10 Å². The average molecular weight is 289 g/mol. The Kier molecular flexibility index (Phi) is 3.55. The largest absolute Gasteiger partial charge is 0.391 e. The lowest BCUT2D eigenvalue weighted by atomic mass is 10.3. The van der Waals surface area contributed by atoms with Crippen molar-refractivity contribution >= 4 is 16.9 Å². The maximum absolute atomic E-state index is 12.4. The van der Waals surface area contributed by atoms with E-state index >= 15 is 0 Å². The molecule has 1 aliphatic rings. The standard InChI is InChI=1S/C15H19N3O3/c1-2-17-12-5-3-4-6-13(12)18(15(17)21)10-14(20)16-8-7-11(19)9-16/h3-6,11,19H,2,7-10H2,1H3/t11-/m1/s1. The van der Waals surface area contributed by atoms with Crippen molar-refractivity contribution in [2.45, 2.75) is 32.5 Å². The van der Waals surface area contributed by atoms with E-state index in [1.807, 2.05) is 31.2 Å². The number of carbonyl (C=O) groups is 1. The molecule has 1 saturated heterocycles. The molecule has 6 heteroatoms. The molecule has 1 N–H and O–H groups in total. The van der Waals surface area contributed by atoms with Crippen LogP contribution in [0.25, 0.3) is 11.0 Å². The van der Waals surface area contributed by atoms with Crippen LogP contribution in [0, 0.1) is 0 Å². The molecule has 2 heterocycles. The van der Waals surface area contributed by atoms with Crippen LogP contribution in [0.4, 0.5) is 0 Å². The molecule has 1 amide bonds. The Hall–Kier alpha value is -2.08. The minimum Gasteiger partial charge on any atom is -0.391 e. The number of likely N-dealkylation sites (tertiary alicyclic amines) is 1. The molecule has 0 bridgehead atoms. The van der Waals surface area contributed by atoms with E-state index in [4.69, 9.17) is 0 Å². The van der Waals surface area contributed by atoms with E-state index in [1.54, 1.807) is 9.47 Å². The number of para-hydroxylation sites is 2. The van der Waals surface area contributed by atoms with E-state index in [9.17, 15) is 14.7 Å². The van der Waals surface area contributed by atoms with Crippen LogP contribution in [-0.4, -0.2) is 44.2 Å². The SMILES string of the molecule is CCn1c(=O)n(CC(=O)N2CC[C@@H](O)C2)c2ccccc21. The lowest BCUT2D eigenvalue weighted by Crippen LogP contribution is -2.35. The van der Waals surface area contributed by atoms with Crippen LogP contribution in [-0.2, 0) is 17.9 Å². The van der Waals surface area contributed by atoms with Crippen molar-refractivity contribution in [3.63, 3.8) is 0 Å². The molecule has 3 rings (SSSR count). The first-order valence-electron chi connectivity index (χ1n) is 7.25. The number of nitrogens with zero attached hydrogens (tertiary/aromatic N) is 3. The minimum atomic E-state index is -0.442. The normalized spacial score (nSPS) is 18.6. The topological polar surface area (TPSA) is 67.5 Å². The quantitative estimate of drug-likeness (QED) is 0.890. The van der Waals surface area contributed by atoms with Gasteiger partial charge in [0.25, 0.3) is 0 Å². The van der Waals surface area contributed by atoms with Crippen molar-refractivity contribution in [3.8, 4) is 0 Å². The highest BCUT2D eigenvalue weighted by atomic mass is 16.3. The third kappa shape index (κ3) is 2.35. The first-order valence-corrected chi connectivity index (χ1v) is 7.25. The third-order valence-electron chi connectivity index (χ3n) is 4.05. The average Bonchev–Trinajstić information content (AvgIpc) is 3.02. The van der Waals surface area contributed by atoms with Crippen LogP contribution in [0.5, 0.6) is 0 Å². The number of β-amino-alcohol motifs (C(OH)–C–C–N with tert-alkyl or cyclic N) is 1. The molecule has 1 aromatic carbocycles. The fourth-order valence-electron chi connectivity index (χ4n) is 2.93. The molecule has 0 radical (unpaired) electrons. The zero-order chi connectivity index (χ0) is 15.0.